The van der Waals surface area contributed by atoms with E-state index in [1.807, 2.05) is 49.4 Å². The molecule has 34 heavy (non-hydrogen) atoms. The number of carbonyl (C=O) groups excluding carboxylic acids is 1. The number of carbonyl (C=O) groups is 1. The Balaban J connectivity index is 1.99. The normalized spacial score (nSPS) is 20.4. The lowest BCUT2D eigenvalue weighted by Gasteiger charge is -2.38. The number of urea groups is 1. The molecule has 176 valence electrons. The molecule has 0 saturated heterocycles. The molecule has 4 rings (SSSR count). The first-order chi connectivity index (χ1) is 16.1. The van der Waals surface area contributed by atoms with Crippen LogP contribution in [0, 0.1) is 6.92 Å². The number of aryl methyl sites for hydroxylation is 1. The van der Waals surface area contributed by atoms with Gasteiger partial charge in [-0.2, -0.15) is 18.3 Å². The minimum atomic E-state index is -4.48. The van der Waals surface area contributed by atoms with Crippen LogP contribution in [0.4, 0.5) is 18.0 Å². The monoisotopic (exact) mass is 485 g/mol. The lowest BCUT2D eigenvalue weighted by atomic mass is 9.65. The summed E-state index contributed by atoms with van der Waals surface area (Å²) in [5, 5.41) is 6.39. The lowest BCUT2D eigenvalue weighted by molar-refractivity contribution is -0.138. The smallest absolute Gasteiger partial charge is 0.350 e. The fourth-order valence-electron chi connectivity index (χ4n) is 4.89. The summed E-state index contributed by atoms with van der Waals surface area (Å²) in [5.41, 5.74) is 6.96. The highest BCUT2D eigenvalue weighted by Gasteiger charge is 2.54. The highest BCUT2D eigenvalue weighted by molar-refractivity contribution is 6.30. The molecule has 3 aromatic rings. The number of hydrogen-bond acceptors (Lipinski definition) is 2. The van der Waals surface area contributed by atoms with Gasteiger partial charge in [-0.15, -0.1) is 0 Å². The second kappa shape index (κ2) is 8.80. The molecule has 3 aromatic carbocycles. The zero-order chi connectivity index (χ0) is 24.7. The van der Waals surface area contributed by atoms with E-state index in [0.717, 1.165) is 17.2 Å². The van der Waals surface area contributed by atoms with E-state index in [1.54, 1.807) is 12.1 Å². The topological polar surface area (TPSA) is 58.7 Å². The van der Waals surface area contributed by atoms with Crippen LogP contribution >= 0.6 is 11.6 Å². The van der Waals surface area contributed by atoms with Crippen LogP contribution in [0.15, 0.2) is 77.9 Å². The van der Waals surface area contributed by atoms with Crippen LogP contribution in [0.25, 0.3) is 0 Å². The van der Waals surface area contributed by atoms with Crippen molar-refractivity contribution in [2.75, 3.05) is 0 Å². The van der Waals surface area contributed by atoms with E-state index in [9.17, 15) is 18.0 Å². The van der Waals surface area contributed by atoms with Crippen LogP contribution in [-0.2, 0) is 11.6 Å². The molecule has 2 N–H and O–H groups in total. The second-order valence-corrected chi connectivity index (χ2v) is 8.74. The maximum absolute atomic E-state index is 13.4. The van der Waals surface area contributed by atoms with Crippen molar-refractivity contribution in [3.8, 4) is 0 Å². The standard InChI is InChI=1S/C26H23ClF3N3O/c1-3-25(19-7-5-4-6-8-19)22(17-9-12-20(27)13-10-17)32-33(24(31)34)23(25)18-11-14-21(16(2)15-18)26(28,29)30/h4-15,23H,3H2,1-2H3,(H2,31,34). The first-order valence-corrected chi connectivity index (χ1v) is 11.1. The van der Waals surface area contributed by atoms with E-state index in [0.29, 0.717) is 22.7 Å². The molecule has 0 saturated carbocycles. The van der Waals surface area contributed by atoms with E-state index in [-0.39, 0.29) is 5.56 Å². The van der Waals surface area contributed by atoms with Crippen molar-refractivity contribution in [3.05, 3.63) is 106 Å². The maximum Gasteiger partial charge on any atom is 0.416 e. The molecule has 4 nitrogen and oxygen atoms in total. The van der Waals surface area contributed by atoms with Gasteiger partial charge in [-0.3, -0.25) is 0 Å². The number of halogens is 4. The number of nitrogens with zero attached hydrogens (tertiary/aromatic N) is 2. The third-order valence-electron chi connectivity index (χ3n) is 6.40. The molecule has 0 fully saturated rings. The first-order valence-electron chi connectivity index (χ1n) is 10.8. The average molecular weight is 486 g/mol. The highest BCUT2D eigenvalue weighted by atomic mass is 35.5. The summed E-state index contributed by atoms with van der Waals surface area (Å²) in [5.74, 6) is 0. The summed E-state index contributed by atoms with van der Waals surface area (Å²) in [6, 6.07) is 19.0. The number of benzene rings is 3. The summed E-state index contributed by atoms with van der Waals surface area (Å²) < 4.78 is 40.3. The van der Waals surface area contributed by atoms with Crippen LogP contribution in [0.5, 0.6) is 0 Å². The predicted molar refractivity (Wildman–Crippen MR) is 127 cm³/mol. The summed E-state index contributed by atoms with van der Waals surface area (Å²) in [7, 11) is 0. The molecule has 0 aliphatic carbocycles. The lowest BCUT2D eigenvalue weighted by Crippen LogP contribution is -2.44. The van der Waals surface area contributed by atoms with E-state index in [1.165, 1.54) is 24.1 Å². The van der Waals surface area contributed by atoms with Gasteiger partial charge >= 0.3 is 12.2 Å². The molecule has 2 atom stereocenters. The molecule has 0 bridgehead atoms. The van der Waals surface area contributed by atoms with Gasteiger partial charge in [0, 0.05) is 5.02 Å². The summed E-state index contributed by atoms with van der Waals surface area (Å²) in [6.07, 6.45) is -3.97. The van der Waals surface area contributed by atoms with Gasteiger partial charge in [0.1, 0.15) is 0 Å². The van der Waals surface area contributed by atoms with Crippen molar-refractivity contribution < 1.29 is 18.0 Å². The van der Waals surface area contributed by atoms with E-state index >= 15 is 0 Å². The number of alkyl halides is 3. The third kappa shape index (κ3) is 3.94. The highest BCUT2D eigenvalue weighted by Crippen LogP contribution is 2.51. The van der Waals surface area contributed by atoms with E-state index < -0.39 is 29.2 Å². The van der Waals surface area contributed by atoms with Gasteiger partial charge in [-0.05, 0) is 53.8 Å². The van der Waals surface area contributed by atoms with Crippen LogP contribution in [0.3, 0.4) is 0 Å². The molecule has 0 aromatic heterocycles. The fourth-order valence-corrected chi connectivity index (χ4v) is 5.01. The first kappa shape index (κ1) is 23.8. The Bertz CT molecular complexity index is 1240. The Kier molecular flexibility index (Phi) is 6.16. The van der Waals surface area contributed by atoms with Crippen molar-refractivity contribution in [3.63, 3.8) is 0 Å². The minimum absolute atomic E-state index is 0.0624. The van der Waals surface area contributed by atoms with Gasteiger partial charge in [0.2, 0.25) is 0 Å². The summed E-state index contributed by atoms with van der Waals surface area (Å²) in [6.45, 7) is 3.37. The fraction of sp³-hybridized carbons (Fsp3) is 0.231. The van der Waals surface area contributed by atoms with Crippen molar-refractivity contribution in [1.29, 1.82) is 0 Å². The number of hydrogen-bond donors (Lipinski definition) is 1. The number of hydrazone groups is 1. The molecular weight excluding hydrogens is 463 g/mol. The van der Waals surface area contributed by atoms with E-state index in [2.05, 4.69) is 5.10 Å². The molecular formula is C26H23ClF3N3O. The van der Waals surface area contributed by atoms with Crippen molar-refractivity contribution in [2.45, 2.75) is 37.9 Å². The Labute approximate surface area is 200 Å². The summed E-state index contributed by atoms with van der Waals surface area (Å²) in [4.78, 5) is 12.6. The van der Waals surface area contributed by atoms with E-state index in [4.69, 9.17) is 17.3 Å². The number of primary amides is 1. The molecule has 2 amide bonds. The SMILES string of the molecule is CCC1(c2ccccc2)C(c2ccc(Cl)cc2)=NN(C(N)=O)C1c1ccc(C(F)(F)F)c(C)c1. The predicted octanol–water partition coefficient (Wildman–Crippen LogP) is 6.85. The van der Waals surface area contributed by atoms with Crippen LogP contribution in [0.2, 0.25) is 5.02 Å². The third-order valence-corrected chi connectivity index (χ3v) is 6.66. The van der Waals surface area contributed by atoms with Gasteiger partial charge in [0.25, 0.3) is 0 Å². The van der Waals surface area contributed by atoms with Crippen molar-refractivity contribution >= 4 is 23.3 Å². The molecule has 0 spiro atoms. The van der Waals surface area contributed by atoms with Crippen LogP contribution < -0.4 is 5.73 Å². The number of amides is 2. The Morgan fingerprint density at radius 1 is 1.09 bits per heavy atom. The molecule has 8 heteroatoms. The van der Waals surface area contributed by atoms with Gasteiger partial charge in [-0.1, -0.05) is 73.1 Å². The van der Waals surface area contributed by atoms with Gasteiger partial charge < -0.3 is 5.73 Å². The van der Waals surface area contributed by atoms with Crippen LogP contribution in [-0.4, -0.2) is 16.8 Å². The number of rotatable bonds is 4. The zero-order valence-electron chi connectivity index (χ0n) is 18.6. The van der Waals surface area contributed by atoms with Gasteiger partial charge in [0.15, 0.2) is 0 Å². The molecule has 2 unspecified atom stereocenters. The number of nitrogens with two attached hydrogens (primary N) is 1. The Morgan fingerprint density at radius 2 is 1.74 bits per heavy atom. The quantitative estimate of drug-likeness (QED) is 0.431. The van der Waals surface area contributed by atoms with Gasteiger partial charge in [-0.25, -0.2) is 9.80 Å². The molecule has 1 aliphatic rings. The van der Waals surface area contributed by atoms with Gasteiger partial charge in [0.05, 0.1) is 22.7 Å². The van der Waals surface area contributed by atoms with Crippen molar-refractivity contribution in [2.24, 2.45) is 10.8 Å². The molecule has 0 radical (unpaired) electrons. The Morgan fingerprint density at radius 3 is 2.26 bits per heavy atom. The maximum atomic E-state index is 13.4. The average Bonchev–Trinajstić information content (AvgIpc) is 3.16. The van der Waals surface area contributed by atoms with Crippen molar-refractivity contribution in [1.82, 2.24) is 5.01 Å². The molecule has 1 heterocycles. The molecule has 1 aliphatic heterocycles. The van der Waals surface area contributed by atoms with Crippen LogP contribution in [0.1, 0.15) is 47.2 Å². The zero-order valence-corrected chi connectivity index (χ0v) is 19.4. The Hall–Kier alpha value is -3.32. The summed E-state index contributed by atoms with van der Waals surface area (Å²) >= 11 is 6.10. The minimum Gasteiger partial charge on any atom is -0.350 e. The second-order valence-electron chi connectivity index (χ2n) is 8.30. The largest absolute Gasteiger partial charge is 0.416 e.